The summed E-state index contributed by atoms with van der Waals surface area (Å²) in [5.41, 5.74) is 0. The molecule has 0 unspecified atom stereocenters. The second-order valence-corrected chi connectivity index (χ2v) is 11.3. The highest BCUT2D eigenvalue weighted by Crippen LogP contribution is 2.35. The number of sulfonamides is 1. The monoisotopic (exact) mass is 438 g/mol. The van der Waals surface area contributed by atoms with Gasteiger partial charge in [0.2, 0.25) is 27.6 Å². The van der Waals surface area contributed by atoms with Crippen molar-refractivity contribution in [1.82, 2.24) is 19.8 Å². The fraction of sp³-hybridized carbons (Fsp3) is 0.632. The maximum Gasteiger partial charge on any atom is 0.244 e. The van der Waals surface area contributed by atoms with Gasteiger partial charge < -0.3 is 9.84 Å². The van der Waals surface area contributed by atoms with Crippen LogP contribution < -0.4 is 5.32 Å². The maximum atomic E-state index is 13.2. The predicted molar refractivity (Wildman–Crippen MR) is 109 cm³/mol. The van der Waals surface area contributed by atoms with Crippen molar-refractivity contribution in [3.8, 4) is 10.7 Å². The average Bonchev–Trinajstić information content (AvgIpc) is 3.19. The van der Waals surface area contributed by atoms with Gasteiger partial charge in [0.05, 0.1) is 9.77 Å². The van der Waals surface area contributed by atoms with Gasteiger partial charge in [-0.25, -0.2) is 8.42 Å². The number of hydrogen-bond acceptors (Lipinski definition) is 7. The van der Waals surface area contributed by atoms with Crippen LogP contribution in [0.1, 0.15) is 56.2 Å². The van der Waals surface area contributed by atoms with Gasteiger partial charge in [-0.05, 0) is 38.7 Å². The summed E-state index contributed by atoms with van der Waals surface area (Å²) in [6, 6.07) is 1.97. The van der Waals surface area contributed by atoms with Gasteiger partial charge in [0.15, 0.2) is 0 Å². The molecule has 0 bridgehead atoms. The third-order valence-electron chi connectivity index (χ3n) is 5.39. The van der Waals surface area contributed by atoms with Crippen LogP contribution in [0.2, 0.25) is 0 Å². The minimum atomic E-state index is -3.62. The van der Waals surface area contributed by atoms with Crippen molar-refractivity contribution >= 4 is 27.3 Å². The molecule has 0 spiro atoms. The predicted octanol–water partition coefficient (Wildman–Crippen LogP) is 2.91. The molecule has 8 nitrogen and oxygen atoms in total. The van der Waals surface area contributed by atoms with Gasteiger partial charge in [-0.2, -0.15) is 9.29 Å². The molecule has 2 aliphatic rings. The zero-order valence-electron chi connectivity index (χ0n) is 16.8. The highest BCUT2D eigenvalue weighted by Gasteiger charge is 2.35. The molecule has 3 heterocycles. The lowest BCUT2D eigenvalue weighted by Gasteiger charge is -2.30. The standard InChI is InChI=1S/C19H26N4O4S2/c1-11(2)19-21-17(22-27-19)15-10-16(12(3)28-15)29(25,26)23-8-6-13(7-9-23)18(24)20-14-4-5-14/h10-11,13-14H,4-9H2,1-3H3,(H,20,24). The lowest BCUT2D eigenvalue weighted by Crippen LogP contribution is -2.43. The molecular weight excluding hydrogens is 412 g/mol. The van der Waals surface area contributed by atoms with Gasteiger partial charge in [-0.3, -0.25) is 4.79 Å². The fourth-order valence-corrected chi connectivity index (χ4v) is 6.40. The molecule has 1 N–H and O–H groups in total. The first kappa shape index (κ1) is 20.5. The van der Waals surface area contributed by atoms with E-state index in [-0.39, 0.29) is 22.6 Å². The lowest BCUT2D eigenvalue weighted by molar-refractivity contribution is -0.126. The van der Waals surface area contributed by atoms with Crippen molar-refractivity contribution in [1.29, 1.82) is 0 Å². The van der Waals surface area contributed by atoms with Crippen LogP contribution in [0.15, 0.2) is 15.5 Å². The summed E-state index contributed by atoms with van der Waals surface area (Å²) in [5.74, 6) is 1.02. The van der Waals surface area contributed by atoms with Crippen molar-refractivity contribution in [3.05, 3.63) is 16.8 Å². The van der Waals surface area contributed by atoms with Gasteiger partial charge in [0.25, 0.3) is 0 Å². The van der Waals surface area contributed by atoms with Crippen molar-refractivity contribution in [2.45, 2.75) is 63.3 Å². The number of aromatic nitrogens is 2. The number of piperidine rings is 1. The number of thiophene rings is 1. The Kier molecular flexibility index (Phi) is 5.52. The van der Waals surface area contributed by atoms with E-state index in [0.717, 1.165) is 12.8 Å². The van der Waals surface area contributed by atoms with E-state index in [1.807, 2.05) is 13.8 Å². The van der Waals surface area contributed by atoms with E-state index in [2.05, 4.69) is 15.5 Å². The van der Waals surface area contributed by atoms with Gasteiger partial charge in [-0.15, -0.1) is 11.3 Å². The van der Waals surface area contributed by atoms with Crippen LogP contribution in [-0.4, -0.2) is 47.9 Å². The Balaban J connectivity index is 1.47. The summed E-state index contributed by atoms with van der Waals surface area (Å²) in [4.78, 5) is 18.3. The Morgan fingerprint density at radius 3 is 2.55 bits per heavy atom. The van der Waals surface area contributed by atoms with Crippen molar-refractivity contribution in [2.75, 3.05) is 13.1 Å². The first-order chi connectivity index (χ1) is 13.8. The van der Waals surface area contributed by atoms with Gasteiger partial charge in [-0.1, -0.05) is 19.0 Å². The SMILES string of the molecule is Cc1sc(-c2noc(C(C)C)n2)cc1S(=O)(=O)N1CCC(C(=O)NC2CC2)CC1. The zero-order chi connectivity index (χ0) is 20.8. The summed E-state index contributed by atoms with van der Waals surface area (Å²) in [7, 11) is -3.62. The number of nitrogens with one attached hydrogen (secondary N) is 1. The second-order valence-electron chi connectivity index (χ2n) is 8.10. The molecule has 1 saturated carbocycles. The van der Waals surface area contributed by atoms with Crippen LogP contribution >= 0.6 is 11.3 Å². The molecule has 2 fully saturated rings. The molecule has 2 aromatic rings. The number of nitrogens with zero attached hydrogens (tertiary/aromatic N) is 3. The molecule has 29 heavy (non-hydrogen) atoms. The quantitative estimate of drug-likeness (QED) is 0.743. The van der Waals surface area contributed by atoms with Gasteiger partial charge >= 0.3 is 0 Å². The van der Waals surface area contributed by atoms with E-state index in [1.54, 1.807) is 13.0 Å². The normalized spacial score (nSPS) is 19.0. The Labute approximate surface area is 174 Å². The van der Waals surface area contributed by atoms with Crippen LogP contribution in [0.4, 0.5) is 0 Å². The Morgan fingerprint density at radius 1 is 1.28 bits per heavy atom. The molecule has 1 saturated heterocycles. The third-order valence-corrected chi connectivity index (χ3v) is 8.60. The molecule has 1 aliphatic carbocycles. The molecule has 0 atom stereocenters. The van der Waals surface area contributed by atoms with E-state index in [9.17, 15) is 13.2 Å². The van der Waals surface area contributed by atoms with Crippen LogP contribution in [0.3, 0.4) is 0 Å². The molecular formula is C19H26N4O4S2. The van der Waals surface area contributed by atoms with E-state index in [1.165, 1.54) is 15.6 Å². The van der Waals surface area contributed by atoms with Crippen molar-refractivity contribution in [3.63, 3.8) is 0 Å². The first-order valence-corrected chi connectivity index (χ1v) is 12.3. The Hall–Kier alpha value is -1.78. The number of carbonyl (C=O) groups excluding carboxylic acids is 1. The molecule has 0 radical (unpaired) electrons. The largest absolute Gasteiger partial charge is 0.353 e. The van der Waals surface area contributed by atoms with Crippen LogP contribution in [0.25, 0.3) is 10.7 Å². The highest BCUT2D eigenvalue weighted by atomic mass is 32.2. The third kappa shape index (κ3) is 4.24. The van der Waals surface area contributed by atoms with Gasteiger partial charge in [0, 0.05) is 35.8 Å². The number of hydrogen-bond donors (Lipinski definition) is 1. The number of rotatable bonds is 6. The molecule has 1 amide bonds. The van der Waals surface area contributed by atoms with E-state index < -0.39 is 10.0 Å². The first-order valence-electron chi connectivity index (χ1n) is 10.0. The van der Waals surface area contributed by atoms with E-state index in [4.69, 9.17) is 4.52 Å². The lowest BCUT2D eigenvalue weighted by atomic mass is 9.97. The summed E-state index contributed by atoms with van der Waals surface area (Å²) in [5, 5.41) is 7.01. The minimum absolute atomic E-state index is 0.0663. The molecule has 4 rings (SSSR count). The highest BCUT2D eigenvalue weighted by molar-refractivity contribution is 7.89. The zero-order valence-corrected chi connectivity index (χ0v) is 18.5. The fourth-order valence-electron chi connectivity index (χ4n) is 3.45. The number of amides is 1. The minimum Gasteiger partial charge on any atom is -0.353 e. The molecule has 0 aromatic carbocycles. The van der Waals surface area contributed by atoms with Crippen molar-refractivity contribution < 1.29 is 17.7 Å². The molecule has 2 aromatic heterocycles. The summed E-state index contributed by atoms with van der Waals surface area (Å²) in [6.07, 6.45) is 3.21. The Bertz CT molecular complexity index is 999. The maximum absolute atomic E-state index is 13.2. The number of carbonyl (C=O) groups is 1. The summed E-state index contributed by atoms with van der Waals surface area (Å²) in [6.45, 7) is 6.42. The summed E-state index contributed by atoms with van der Waals surface area (Å²) < 4.78 is 33.1. The average molecular weight is 439 g/mol. The van der Waals surface area contributed by atoms with Crippen LogP contribution in [0.5, 0.6) is 0 Å². The van der Waals surface area contributed by atoms with E-state index in [0.29, 0.717) is 53.4 Å². The van der Waals surface area contributed by atoms with Crippen molar-refractivity contribution in [2.24, 2.45) is 5.92 Å². The van der Waals surface area contributed by atoms with Crippen LogP contribution in [0, 0.1) is 12.8 Å². The van der Waals surface area contributed by atoms with Gasteiger partial charge in [0.1, 0.15) is 0 Å². The Morgan fingerprint density at radius 2 is 1.97 bits per heavy atom. The second kappa shape index (κ2) is 7.81. The topological polar surface area (TPSA) is 105 Å². The molecule has 158 valence electrons. The number of aryl methyl sites for hydroxylation is 1. The molecule has 10 heteroatoms. The molecule has 1 aliphatic heterocycles. The van der Waals surface area contributed by atoms with E-state index >= 15 is 0 Å². The van der Waals surface area contributed by atoms with Crippen LogP contribution in [-0.2, 0) is 14.8 Å². The summed E-state index contributed by atoms with van der Waals surface area (Å²) >= 11 is 1.35. The smallest absolute Gasteiger partial charge is 0.244 e.